The third-order valence-corrected chi connectivity index (χ3v) is 3.51. The number of nitriles is 1. The number of carbonyl (C=O) groups excluding carboxylic acids is 1. The smallest absolute Gasteiger partial charge is 0.319 e. The number of nitro benzene ring substituents is 1. The number of anilines is 1. The van der Waals surface area contributed by atoms with E-state index in [2.05, 4.69) is 10.6 Å². The molecule has 1 aliphatic rings. The monoisotopic (exact) mass is 288 g/mol. The number of amides is 2. The number of benzene rings is 1. The molecule has 0 radical (unpaired) electrons. The molecule has 1 fully saturated rings. The van der Waals surface area contributed by atoms with Gasteiger partial charge in [0.2, 0.25) is 0 Å². The molecule has 1 saturated carbocycles. The van der Waals surface area contributed by atoms with Crippen LogP contribution in [0.3, 0.4) is 0 Å². The first-order valence-corrected chi connectivity index (χ1v) is 6.86. The van der Waals surface area contributed by atoms with Gasteiger partial charge in [0.1, 0.15) is 5.69 Å². The van der Waals surface area contributed by atoms with Crippen LogP contribution in [0.4, 0.5) is 16.2 Å². The lowest BCUT2D eigenvalue weighted by Crippen LogP contribution is -2.39. The first-order chi connectivity index (χ1) is 10.1. The number of carbonyl (C=O) groups is 1. The van der Waals surface area contributed by atoms with E-state index in [0.29, 0.717) is 0 Å². The van der Waals surface area contributed by atoms with Crippen molar-refractivity contribution in [3.8, 4) is 6.07 Å². The Hall–Kier alpha value is -2.62. The van der Waals surface area contributed by atoms with Crippen molar-refractivity contribution < 1.29 is 9.72 Å². The van der Waals surface area contributed by atoms with Crippen molar-refractivity contribution in [2.75, 3.05) is 5.32 Å². The van der Waals surface area contributed by atoms with Crippen LogP contribution in [0.25, 0.3) is 0 Å². The maximum atomic E-state index is 11.9. The van der Waals surface area contributed by atoms with Gasteiger partial charge in [-0.1, -0.05) is 19.3 Å². The van der Waals surface area contributed by atoms with Crippen LogP contribution in [-0.4, -0.2) is 17.0 Å². The van der Waals surface area contributed by atoms with Crippen molar-refractivity contribution in [1.29, 1.82) is 5.26 Å². The number of hydrogen-bond acceptors (Lipinski definition) is 4. The quantitative estimate of drug-likeness (QED) is 0.658. The lowest BCUT2D eigenvalue weighted by atomic mass is 9.96. The Bertz CT molecular complexity index is 588. The van der Waals surface area contributed by atoms with E-state index < -0.39 is 11.0 Å². The van der Waals surface area contributed by atoms with E-state index in [1.165, 1.54) is 18.6 Å². The standard InChI is InChI=1S/C14H16N4O3/c15-9-10-6-7-12(13(8-10)18(20)21)17-14(19)16-11-4-2-1-3-5-11/h6-8,11H,1-5H2,(H2,16,17,19). The van der Waals surface area contributed by atoms with E-state index in [1.807, 2.05) is 6.07 Å². The summed E-state index contributed by atoms with van der Waals surface area (Å²) in [5, 5.41) is 25.1. The van der Waals surface area contributed by atoms with Crippen LogP contribution in [0.1, 0.15) is 37.7 Å². The van der Waals surface area contributed by atoms with Crippen LogP contribution in [-0.2, 0) is 0 Å². The first kappa shape index (κ1) is 14.8. The Labute approximate surface area is 122 Å². The van der Waals surface area contributed by atoms with Gasteiger partial charge in [-0.05, 0) is 25.0 Å². The maximum Gasteiger partial charge on any atom is 0.319 e. The summed E-state index contributed by atoms with van der Waals surface area (Å²) in [4.78, 5) is 22.3. The Kier molecular flexibility index (Phi) is 4.72. The minimum atomic E-state index is -0.614. The van der Waals surface area contributed by atoms with E-state index in [1.54, 1.807) is 0 Å². The molecule has 0 atom stereocenters. The van der Waals surface area contributed by atoms with Gasteiger partial charge in [-0.3, -0.25) is 10.1 Å². The van der Waals surface area contributed by atoms with Gasteiger partial charge >= 0.3 is 6.03 Å². The molecule has 0 saturated heterocycles. The van der Waals surface area contributed by atoms with Crippen molar-refractivity contribution in [1.82, 2.24) is 5.32 Å². The van der Waals surface area contributed by atoms with Crippen LogP contribution in [0.5, 0.6) is 0 Å². The van der Waals surface area contributed by atoms with Gasteiger partial charge in [-0.2, -0.15) is 5.26 Å². The zero-order valence-corrected chi connectivity index (χ0v) is 11.5. The highest BCUT2D eigenvalue weighted by Crippen LogP contribution is 2.25. The fraction of sp³-hybridized carbons (Fsp3) is 0.429. The number of nitrogens with zero attached hydrogens (tertiary/aromatic N) is 2. The SMILES string of the molecule is N#Cc1ccc(NC(=O)NC2CCCCC2)c([N+](=O)[O-])c1. The zero-order chi connectivity index (χ0) is 15.2. The van der Waals surface area contributed by atoms with Crippen molar-refractivity contribution in [3.05, 3.63) is 33.9 Å². The van der Waals surface area contributed by atoms with Gasteiger partial charge in [0, 0.05) is 12.1 Å². The first-order valence-electron chi connectivity index (χ1n) is 6.86. The average Bonchev–Trinajstić information content (AvgIpc) is 2.48. The highest BCUT2D eigenvalue weighted by Gasteiger charge is 2.19. The van der Waals surface area contributed by atoms with E-state index in [0.717, 1.165) is 31.7 Å². The molecule has 0 aromatic heterocycles. The van der Waals surface area contributed by atoms with Crippen LogP contribution in [0.15, 0.2) is 18.2 Å². The Balaban J connectivity index is 2.06. The summed E-state index contributed by atoms with van der Waals surface area (Å²) in [6, 6.07) is 5.46. The topological polar surface area (TPSA) is 108 Å². The highest BCUT2D eigenvalue weighted by molar-refractivity contribution is 5.92. The lowest BCUT2D eigenvalue weighted by Gasteiger charge is -2.22. The molecule has 7 nitrogen and oxygen atoms in total. The second-order valence-electron chi connectivity index (χ2n) is 5.03. The maximum absolute atomic E-state index is 11.9. The molecule has 2 amide bonds. The van der Waals surface area contributed by atoms with E-state index in [-0.39, 0.29) is 23.0 Å². The van der Waals surface area contributed by atoms with E-state index >= 15 is 0 Å². The molecular weight excluding hydrogens is 272 g/mol. The normalized spacial score (nSPS) is 15.0. The fourth-order valence-corrected chi connectivity index (χ4v) is 2.45. The average molecular weight is 288 g/mol. The predicted molar refractivity (Wildman–Crippen MR) is 76.8 cm³/mol. The summed E-state index contributed by atoms with van der Waals surface area (Å²) in [6.45, 7) is 0. The second-order valence-corrected chi connectivity index (χ2v) is 5.03. The Morgan fingerprint density at radius 2 is 2.05 bits per heavy atom. The molecule has 1 aliphatic carbocycles. The predicted octanol–water partition coefficient (Wildman–Crippen LogP) is 2.92. The minimum absolute atomic E-state index is 0.0901. The zero-order valence-electron chi connectivity index (χ0n) is 11.5. The van der Waals surface area contributed by atoms with Crippen LogP contribution >= 0.6 is 0 Å². The molecule has 1 aromatic carbocycles. The number of urea groups is 1. The van der Waals surface area contributed by atoms with E-state index in [4.69, 9.17) is 5.26 Å². The molecule has 110 valence electrons. The molecule has 0 spiro atoms. The number of nitrogens with one attached hydrogen (secondary N) is 2. The third-order valence-electron chi connectivity index (χ3n) is 3.51. The van der Waals surface area contributed by atoms with Crippen LogP contribution in [0.2, 0.25) is 0 Å². The molecule has 1 aromatic rings. The number of hydrogen-bond donors (Lipinski definition) is 2. The van der Waals surface area contributed by atoms with Crippen molar-refractivity contribution >= 4 is 17.4 Å². The van der Waals surface area contributed by atoms with Crippen molar-refractivity contribution in [2.45, 2.75) is 38.1 Å². The summed E-state index contributed by atoms with van der Waals surface area (Å²) in [5.41, 5.74) is -0.0138. The number of rotatable bonds is 3. The summed E-state index contributed by atoms with van der Waals surface area (Å²) >= 11 is 0. The molecule has 2 rings (SSSR count). The molecule has 2 N–H and O–H groups in total. The Morgan fingerprint density at radius 1 is 1.33 bits per heavy atom. The molecule has 0 bridgehead atoms. The Morgan fingerprint density at radius 3 is 2.67 bits per heavy atom. The van der Waals surface area contributed by atoms with Gasteiger partial charge in [-0.15, -0.1) is 0 Å². The minimum Gasteiger partial charge on any atom is -0.335 e. The number of nitro groups is 1. The molecule has 0 heterocycles. The third kappa shape index (κ3) is 3.92. The van der Waals surface area contributed by atoms with Gasteiger partial charge in [-0.25, -0.2) is 4.79 Å². The lowest BCUT2D eigenvalue weighted by molar-refractivity contribution is -0.383. The molecule has 0 unspecified atom stereocenters. The second kappa shape index (κ2) is 6.70. The van der Waals surface area contributed by atoms with Crippen LogP contribution in [0, 0.1) is 21.4 Å². The fourth-order valence-electron chi connectivity index (χ4n) is 2.45. The largest absolute Gasteiger partial charge is 0.335 e. The van der Waals surface area contributed by atoms with Gasteiger partial charge in [0.05, 0.1) is 16.6 Å². The van der Waals surface area contributed by atoms with Gasteiger partial charge in [0.15, 0.2) is 0 Å². The summed E-state index contributed by atoms with van der Waals surface area (Å²) < 4.78 is 0. The van der Waals surface area contributed by atoms with Crippen molar-refractivity contribution in [2.24, 2.45) is 0 Å². The molecule has 0 aliphatic heterocycles. The highest BCUT2D eigenvalue weighted by atomic mass is 16.6. The van der Waals surface area contributed by atoms with Crippen molar-refractivity contribution in [3.63, 3.8) is 0 Å². The molecule has 7 heteroatoms. The van der Waals surface area contributed by atoms with Gasteiger partial charge in [0.25, 0.3) is 5.69 Å². The molecule has 21 heavy (non-hydrogen) atoms. The molecular formula is C14H16N4O3. The van der Waals surface area contributed by atoms with E-state index in [9.17, 15) is 14.9 Å². The summed E-state index contributed by atoms with van der Waals surface area (Å²) in [6.07, 6.45) is 5.22. The van der Waals surface area contributed by atoms with Crippen LogP contribution < -0.4 is 10.6 Å². The summed E-state index contributed by atoms with van der Waals surface area (Å²) in [7, 11) is 0. The summed E-state index contributed by atoms with van der Waals surface area (Å²) in [5.74, 6) is 0. The van der Waals surface area contributed by atoms with Gasteiger partial charge < -0.3 is 10.6 Å².